The zero-order valence-corrected chi connectivity index (χ0v) is 36.5. The van der Waals surface area contributed by atoms with Gasteiger partial charge in [0.1, 0.15) is 31.0 Å². The Morgan fingerprint density at radius 3 is 1.58 bits per heavy atom. The minimum Gasteiger partial charge on any atom is -0.462 e. The Hall–Kier alpha value is -3.12. The van der Waals surface area contributed by atoms with Crippen molar-refractivity contribution in [2.24, 2.45) is 0 Å². The minimum absolute atomic E-state index is 0.146. The highest BCUT2D eigenvalue weighted by atomic mass is 16.7. The number of hydrogen-bond acceptors (Lipinski definition) is 10. The second kappa shape index (κ2) is 39.0. The van der Waals surface area contributed by atoms with Crippen molar-refractivity contribution >= 4 is 11.9 Å². The zero-order valence-electron chi connectivity index (χ0n) is 36.5. The average Bonchev–Trinajstić information content (AvgIpc) is 3.23. The van der Waals surface area contributed by atoms with E-state index in [0.29, 0.717) is 12.8 Å². The van der Waals surface area contributed by atoms with Gasteiger partial charge in [-0.05, 0) is 70.6 Å². The van der Waals surface area contributed by atoms with Gasteiger partial charge >= 0.3 is 11.9 Å². The quantitative estimate of drug-likeness (QED) is 0.0273. The summed E-state index contributed by atoms with van der Waals surface area (Å²) in [5, 5.41) is 40.1. The molecule has 1 rings (SSSR count). The SMILES string of the molecule is CC/C=C/C/C=C/C/C=C/C/C=C/C/C=C/C/C=C/CCC(=O)OC[C@@H](CO[C@H]1O[C@@H](CO)[C@@H](O)C(O)C1O)OC(=O)CCCCCCCCCCC/C=C/CCCC. The van der Waals surface area contributed by atoms with Crippen molar-refractivity contribution in [1.29, 1.82) is 0 Å². The summed E-state index contributed by atoms with van der Waals surface area (Å²) < 4.78 is 22.1. The first-order chi connectivity index (χ1) is 28.8. The van der Waals surface area contributed by atoms with Gasteiger partial charge in [0, 0.05) is 12.8 Å². The van der Waals surface area contributed by atoms with Gasteiger partial charge in [0.05, 0.1) is 13.2 Å². The molecule has 0 spiro atoms. The van der Waals surface area contributed by atoms with Crippen LogP contribution in [0.25, 0.3) is 0 Å². The van der Waals surface area contributed by atoms with Crippen LogP contribution < -0.4 is 0 Å². The molecule has 4 N–H and O–H groups in total. The molecular weight excluding hydrogens is 749 g/mol. The van der Waals surface area contributed by atoms with Crippen LogP contribution in [0.1, 0.15) is 155 Å². The first kappa shape index (κ1) is 53.9. The zero-order chi connectivity index (χ0) is 43.0. The summed E-state index contributed by atoms with van der Waals surface area (Å²) in [6.07, 6.45) is 43.1. The number of allylic oxidation sites excluding steroid dienone is 14. The molecule has 1 fully saturated rings. The monoisotopic (exact) mass is 829 g/mol. The summed E-state index contributed by atoms with van der Waals surface area (Å²) in [4.78, 5) is 25.3. The number of ether oxygens (including phenoxy) is 4. The number of hydrogen-bond donors (Lipinski definition) is 4. The Morgan fingerprint density at radius 2 is 1.03 bits per heavy atom. The van der Waals surface area contributed by atoms with Crippen LogP contribution in [0.3, 0.4) is 0 Å². The molecule has 0 aromatic rings. The molecule has 6 atom stereocenters. The molecule has 0 aromatic carbocycles. The summed E-state index contributed by atoms with van der Waals surface area (Å²) in [6, 6.07) is 0. The summed E-state index contributed by atoms with van der Waals surface area (Å²) in [5.74, 6) is -0.914. The largest absolute Gasteiger partial charge is 0.462 e. The third-order valence-electron chi connectivity index (χ3n) is 9.78. The highest BCUT2D eigenvalue weighted by Gasteiger charge is 2.44. The van der Waals surface area contributed by atoms with Crippen LogP contribution in [0.5, 0.6) is 0 Å². The van der Waals surface area contributed by atoms with Gasteiger partial charge in [0.25, 0.3) is 0 Å². The van der Waals surface area contributed by atoms with Crippen molar-refractivity contribution in [1.82, 2.24) is 0 Å². The second-order valence-electron chi connectivity index (χ2n) is 15.1. The molecule has 59 heavy (non-hydrogen) atoms. The molecule has 0 aromatic heterocycles. The van der Waals surface area contributed by atoms with Crippen molar-refractivity contribution in [3.8, 4) is 0 Å². The lowest BCUT2D eigenvalue weighted by Gasteiger charge is -2.39. The summed E-state index contributed by atoms with van der Waals surface area (Å²) in [5.41, 5.74) is 0. The lowest BCUT2D eigenvalue weighted by Crippen LogP contribution is -2.59. The van der Waals surface area contributed by atoms with Crippen LogP contribution in [-0.2, 0) is 28.5 Å². The van der Waals surface area contributed by atoms with Crippen LogP contribution >= 0.6 is 0 Å². The Kier molecular flexibility index (Phi) is 35.7. The van der Waals surface area contributed by atoms with E-state index in [1.807, 2.05) is 12.2 Å². The Balaban J connectivity index is 2.39. The maximum absolute atomic E-state index is 12.8. The molecule has 10 heteroatoms. The molecule has 10 nitrogen and oxygen atoms in total. The number of carbonyl (C=O) groups excluding carboxylic acids is 2. The van der Waals surface area contributed by atoms with E-state index in [9.17, 15) is 30.0 Å². The minimum atomic E-state index is -1.61. The molecule has 1 heterocycles. The number of aliphatic hydroxyl groups is 4. The third kappa shape index (κ3) is 30.5. The van der Waals surface area contributed by atoms with Gasteiger partial charge < -0.3 is 39.4 Å². The fourth-order valence-corrected chi connectivity index (χ4v) is 6.19. The number of aliphatic hydroxyl groups excluding tert-OH is 4. The molecule has 2 unspecified atom stereocenters. The van der Waals surface area contributed by atoms with Crippen LogP contribution in [0.15, 0.2) is 85.1 Å². The number of esters is 2. The van der Waals surface area contributed by atoms with Crippen LogP contribution in [0.2, 0.25) is 0 Å². The van der Waals surface area contributed by atoms with E-state index in [1.54, 1.807) is 0 Å². The molecule has 0 radical (unpaired) electrons. The van der Waals surface area contributed by atoms with Gasteiger partial charge in [0.15, 0.2) is 12.4 Å². The summed E-state index contributed by atoms with van der Waals surface area (Å²) in [7, 11) is 0. The third-order valence-corrected chi connectivity index (χ3v) is 9.78. The maximum Gasteiger partial charge on any atom is 0.306 e. The van der Waals surface area contributed by atoms with E-state index < -0.39 is 55.4 Å². The van der Waals surface area contributed by atoms with Gasteiger partial charge in [0.2, 0.25) is 0 Å². The van der Waals surface area contributed by atoms with E-state index in [0.717, 1.165) is 57.8 Å². The van der Waals surface area contributed by atoms with E-state index in [4.69, 9.17) is 18.9 Å². The molecule has 0 amide bonds. The second-order valence-corrected chi connectivity index (χ2v) is 15.1. The van der Waals surface area contributed by atoms with Crippen molar-refractivity contribution in [3.05, 3.63) is 85.1 Å². The fourth-order valence-electron chi connectivity index (χ4n) is 6.19. The first-order valence-electron chi connectivity index (χ1n) is 22.7. The summed E-state index contributed by atoms with van der Waals surface area (Å²) in [6.45, 7) is 3.19. The molecule has 1 aliphatic heterocycles. The van der Waals surface area contributed by atoms with E-state index in [2.05, 4.69) is 86.8 Å². The smallest absolute Gasteiger partial charge is 0.306 e. The standard InChI is InChI=1S/C49H80O10/c1-3-5-7-9-11-13-15-17-19-20-21-22-24-25-27-29-31-33-35-37-44(51)56-40-42(41-57-49-48(55)47(54)46(53)43(39-50)59-49)58-45(52)38-36-34-32-30-28-26-23-18-16-14-12-10-8-6-4-2/h5,7,10-13,17,19,21-22,25,27,31,33,42-43,46-50,53-55H,3-4,6,8-9,14-16,18,20,23-24,26,28-30,32,34-41H2,1-2H3/b7-5+,12-10+,13-11+,19-17+,22-21+,27-25+,33-31+/t42-,43-,46+,47?,48?,49-/m0/s1. The molecule has 1 aliphatic rings. The Bertz CT molecular complexity index is 1230. The van der Waals surface area contributed by atoms with Crippen molar-refractivity contribution in [2.45, 2.75) is 192 Å². The van der Waals surface area contributed by atoms with Gasteiger partial charge in [-0.25, -0.2) is 0 Å². The highest BCUT2D eigenvalue weighted by molar-refractivity contribution is 5.70. The van der Waals surface area contributed by atoms with Crippen molar-refractivity contribution in [3.63, 3.8) is 0 Å². The molecule has 0 aliphatic carbocycles. The molecule has 0 saturated carbocycles. The van der Waals surface area contributed by atoms with E-state index in [1.165, 1.54) is 57.8 Å². The van der Waals surface area contributed by atoms with Gasteiger partial charge in [-0.2, -0.15) is 0 Å². The Labute approximate surface area is 356 Å². The summed E-state index contributed by atoms with van der Waals surface area (Å²) >= 11 is 0. The van der Waals surface area contributed by atoms with Crippen LogP contribution in [0, 0.1) is 0 Å². The van der Waals surface area contributed by atoms with Crippen LogP contribution in [-0.4, -0.2) is 89.0 Å². The Morgan fingerprint density at radius 1 is 0.542 bits per heavy atom. The number of carbonyl (C=O) groups is 2. The van der Waals surface area contributed by atoms with Gasteiger partial charge in [-0.1, -0.05) is 157 Å². The lowest BCUT2D eigenvalue weighted by atomic mass is 9.99. The van der Waals surface area contributed by atoms with E-state index in [-0.39, 0.29) is 26.1 Å². The molecule has 336 valence electrons. The lowest BCUT2D eigenvalue weighted by molar-refractivity contribution is -0.305. The predicted octanol–water partition coefficient (Wildman–Crippen LogP) is 9.77. The highest BCUT2D eigenvalue weighted by Crippen LogP contribution is 2.22. The van der Waals surface area contributed by atoms with Crippen LogP contribution in [0.4, 0.5) is 0 Å². The fraction of sp³-hybridized carbons (Fsp3) is 0.673. The molecular formula is C49H80O10. The maximum atomic E-state index is 12.8. The average molecular weight is 829 g/mol. The predicted molar refractivity (Wildman–Crippen MR) is 237 cm³/mol. The normalized spacial score (nSPS) is 20.8. The molecule has 1 saturated heterocycles. The topological polar surface area (TPSA) is 152 Å². The first-order valence-corrected chi connectivity index (χ1v) is 22.7. The number of unbranched alkanes of at least 4 members (excludes halogenated alkanes) is 11. The van der Waals surface area contributed by atoms with Crippen molar-refractivity contribution in [2.75, 3.05) is 19.8 Å². The van der Waals surface area contributed by atoms with Gasteiger partial charge in [-0.3, -0.25) is 9.59 Å². The van der Waals surface area contributed by atoms with Gasteiger partial charge in [-0.15, -0.1) is 0 Å². The van der Waals surface area contributed by atoms with Crippen molar-refractivity contribution < 1.29 is 49.0 Å². The molecule has 0 bridgehead atoms. The van der Waals surface area contributed by atoms with E-state index >= 15 is 0 Å². The number of rotatable bonds is 36.